The molecule has 2 amide bonds. The first kappa shape index (κ1) is 26.0. The zero-order valence-electron chi connectivity index (χ0n) is 21.1. The number of aromatic amines is 1. The van der Waals surface area contributed by atoms with Gasteiger partial charge in [-0.2, -0.15) is 0 Å². The highest BCUT2D eigenvalue weighted by Crippen LogP contribution is 2.38. The van der Waals surface area contributed by atoms with E-state index in [1.807, 2.05) is 0 Å². The van der Waals surface area contributed by atoms with E-state index in [-0.39, 0.29) is 23.6 Å². The van der Waals surface area contributed by atoms with Crippen LogP contribution in [0.4, 0.5) is 8.78 Å². The van der Waals surface area contributed by atoms with Crippen molar-refractivity contribution < 1.29 is 28.2 Å². The summed E-state index contributed by atoms with van der Waals surface area (Å²) in [4.78, 5) is 36.7. The summed E-state index contributed by atoms with van der Waals surface area (Å²) < 4.78 is 33.1. The van der Waals surface area contributed by atoms with Crippen LogP contribution in [-0.2, 0) is 4.79 Å². The molecule has 202 valence electrons. The Labute approximate surface area is 218 Å². The van der Waals surface area contributed by atoms with Crippen molar-refractivity contribution in [3.8, 4) is 17.0 Å². The second kappa shape index (κ2) is 11.0. The Morgan fingerprint density at radius 2 is 1.82 bits per heavy atom. The van der Waals surface area contributed by atoms with E-state index in [2.05, 4.69) is 25.6 Å². The monoisotopic (exact) mass is 527 g/mol. The molecule has 4 N–H and O–H groups in total. The van der Waals surface area contributed by atoms with E-state index in [9.17, 15) is 18.4 Å². The Hall–Kier alpha value is -3.60. The molecule has 2 heterocycles. The molecule has 9 nitrogen and oxygen atoms in total. The maximum atomic E-state index is 13.6. The number of fused-ring (bicyclic) bond motifs is 1. The Kier molecular flexibility index (Phi) is 7.55. The number of carbonyl (C=O) groups excluding carboxylic acids is 2. The number of aliphatic hydroxyl groups excluding tert-OH is 1. The van der Waals surface area contributed by atoms with Crippen LogP contribution in [0.5, 0.6) is 5.75 Å². The summed E-state index contributed by atoms with van der Waals surface area (Å²) in [6.07, 6.45) is 3.63. The number of hydrogen-bond acceptors (Lipinski definition) is 6. The van der Waals surface area contributed by atoms with Crippen molar-refractivity contribution in [2.24, 2.45) is 5.92 Å². The van der Waals surface area contributed by atoms with Gasteiger partial charge in [-0.25, -0.2) is 18.7 Å². The van der Waals surface area contributed by atoms with Gasteiger partial charge in [0, 0.05) is 28.9 Å². The number of alkyl halides is 2. The average molecular weight is 528 g/mol. The highest BCUT2D eigenvalue weighted by atomic mass is 19.3. The maximum absolute atomic E-state index is 13.6. The Balaban J connectivity index is 1.40. The second-order valence-corrected chi connectivity index (χ2v) is 10.1. The number of H-pyrrole nitrogens is 1. The molecule has 0 unspecified atom stereocenters. The maximum Gasteiger partial charge on any atom is 0.263 e. The molecule has 0 radical (unpaired) electrons. The van der Waals surface area contributed by atoms with Crippen LogP contribution in [0.2, 0.25) is 0 Å². The summed E-state index contributed by atoms with van der Waals surface area (Å²) in [5.41, 5.74) is 2.53. The van der Waals surface area contributed by atoms with Gasteiger partial charge in [-0.05, 0) is 69.6 Å². The lowest BCUT2D eigenvalue weighted by atomic mass is 9.91. The van der Waals surface area contributed by atoms with Gasteiger partial charge < -0.3 is 25.5 Å². The first-order valence-corrected chi connectivity index (χ1v) is 12.9. The van der Waals surface area contributed by atoms with Gasteiger partial charge in [0.15, 0.2) is 0 Å². The van der Waals surface area contributed by atoms with Crippen molar-refractivity contribution in [3.05, 3.63) is 41.3 Å². The minimum absolute atomic E-state index is 0.0201. The van der Waals surface area contributed by atoms with Gasteiger partial charge in [0.2, 0.25) is 5.91 Å². The Bertz CT molecular complexity index is 1330. The quantitative estimate of drug-likeness (QED) is 0.335. The van der Waals surface area contributed by atoms with Crippen molar-refractivity contribution in [1.29, 1.82) is 0 Å². The molecule has 0 aliphatic heterocycles. The third-order valence-corrected chi connectivity index (χ3v) is 7.25. The molecular formula is C27H31F2N5O4. The molecule has 3 aromatic rings. The molecule has 1 aromatic carbocycles. The molecular weight excluding hydrogens is 496 g/mol. The zero-order chi connectivity index (χ0) is 26.8. The van der Waals surface area contributed by atoms with Crippen molar-refractivity contribution in [2.45, 2.75) is 64.0 Å². The number of aromatic nitrogens is 3. The van der Waals surface area contributed by atoms with Gasteiger partial charge >= 0.3 is 0 Å². The SMILES string of the molecule is Cc1[nH]c2c(-c3cc(C(F)F)ccc3OCC3CC3)ncnc2c1C(=O)N[C@H]1CC[C@H](NC(=O)CO)CC1. The molecule has 0 atom stereocenters. The number of amides is 2. The molecule has 0 saturated heterocycles. The van der Waals surface area contributed by atoms with Crippen molar-refractivity contribution >= 4 is 22.8 Å². The van der Waals surface area contributed by atoms with Gasteiger partial charge in [-0.1, -0.05) is 0 Å². The number of nitrogens with zero attached hydrogens (tertiary/aromatic N) is 2. The van der Waals surface area contributed by atoms with Gasteiger partial charge in [-0.15, -0.1) is 0 Å². The number of hydrogen-bond donors (Lipinski definition) is 4. The van der Waals surface area contributed by atoms with Crippen LogP contribution in [0.1, 0.15) is 66.6 Å². The van der Waals surface area contributed by atoms with E-state index >= 15 is 0 Å². The van der Waals surface area contributed by atoms with E-state index in [0.717, 1.165) is 12.8 Å². The van der Waals surface area contributed by atoms with Gasteiger partial charge in [0.25, 0.3) is 12.3 Å². The van der Waals surface area contributed by atoms with E-state index in [1.165, 1.54) is 18.5 Å². The number of carbonyl (C=O) groups is 2. The number of rotatable bonds is 9. The van der Waals surface area contributed by atoms with Crippen LogP contribution >= 0.6 is 0 Å². The summed E-state index contributed by atoms with van der Waals surface area (Å²) in [7, 11) is 0. The third kappa shape index (κ3) is 5.62. The first-order valence-electron chi connectivity index (χ1n) is 12.9. The van der Waals surface area contributed by atoms with Gasteiger partial charge in [0.05, 0.1) is 17.7 Å². The van der Waals surface area contributed by atoms with Crippen LogP contribution in [0.25, 0.3) is 22.3 Å². The van der Waals surface area contributed by atoms with Crippen LogP contribution in [0.3, 0.4) is 0 Å². The van der Waals surface area contributed by atoms with Gasteiger partial charge in [0.1, 0.15) is 29.9 Å². The Morgan fingerprint density at radius 1 is 1.11 bits per heavy atom. The standard InChI is InChI=1S/C27H31F2N5O4/c1-14-22(27(37)34-18-7-5-17(6-8-18)33-21(36)11-35)24-25(32-14)23(30-13-31-24)19-10-16(26(28)29)4-9-20(19)38-12-15-2-3-15/h4,9-10,13,15,17-18,26,32,35H,2-3,5-8,11-12H2,1H3,(H,33,36)(H,34,37)/t17-,18-. The van der Waals surface area contributed by atoms with E-state index in [1.54, 1.807) is 13.0 Å². The van der Waals surface area contributed by atoms with Crippen LogP contribution in [0, 0.1) is 12.8 Å². The lowest BCUT2D eigenvalue weighted by molar-refractivity contribution is -0.124. The summed E-state index contributed by atoms with van der Waals surface area (Å²) in [6, 6.07) is 4.21. The topological polar surface area (TPSA) is 129 Å². The highest BCUT2D eigenvalue weighted by Gasteiger charge is 2.28. The zero-order valence-corrected chi connectivity index (χ0v) is 21.1. The molecule has 38 heavy (non-hydrogen) atoms. The molecule has 0 spiro atoms. The van der Waals surface area contributed by atoms with E-state index < -0.39 is 18.9 Å². The molecule has 2 fully saturated rings. The van der Waals surface area contributed by atoms with Gasteiger partial charge in [-0.3, -0.25) is 9.59 Å². The minimum atomic E-state index is -2.65. The number of aryl methyl sites for hydroxylation is 1. The summed E-state index contributed by atoms with van der Waals surface area (Å²) >= 11 is 0. The molecule has 0 bridgehead atoms. The normalized spacial score (nSPS) is 19.5. The molecule has 2 aliphatic rings. The third-order valence-electron chi connectivity index (χ3n) is 7.25. The fourth-order valence-corrected chi connectivity index (χ4v) is 5.00. The fraction of sp³-hybridized carbons (Fsp3) is 0.481. The molecule has 2 aromatic heterocycles. The van der Waals surface area contributed by atoms with E-state index in [0.29, 0.717) is 77.5 Å². The molecule has 2 aliphatic carbocycles. The summed E-state index contributed by atoms with van der Waals surface area (Å²) in [5.74, 6) is 0.257. The van der Waals surface area contributed by atoms with Crippen molar-refractivity contribution in [3.63, 3.8) is 0 Å². The van der Waals surface area contributed by atoms with Crippen LogP contribution in [-0.4, -0.2) is 57.2 Å². The summed E-state index contributed by atoms with van der Waals surface area (Å²) in [6.45, 7) is 1.74. The number of aliphatic hydroxyl groups is 1. The largest absolute Gasteiger partial charge is 0.493 e. The van der Waals surface area contributed by atoms with E-state index in [4.69, 9.17) is 9.84 Å². The average Bonchev–Trinajstić information content (AvgIpc) is 3.67. The van der Waals surface area contributed by atoms with Crippen molar-refractivity contribution in [2.75, 3.05) is 13.2 Å². The lowest BCUT2D eigenvalue weighted by Gasteiger charge is -2.29. The van der Waals surface area contributed by atoms with Crippen LogP contribution < -0.4 is 15.4 Å². The lowest BCUT2D eigenvalue weighted by Crippen LogP contribution is -2.44. The second-order valence-electron chi connectivity index (χ2n) is 10.1. The highest BCUT2D eigenvalue weighted by molar-refractivity contribution is 6.09. The predicted octanol–water partition coefficient (Wildman–Crippen LogP) is 3.81. The number of nitrogens with one attached hydrogen (secondary N) is 3. The molecule has 11 heteroatoms. The molecule has 5 rings (SSSR count). The number of ether oxygens (including phenoxy) is 1. The molecule has 2 saturated carbocycles. The predicted molar refractivity (Wildman–Crippen MR) is 136 cm³/mol. The Morgan fingerprint density at radius 3 is 2.47 bits per heavy atom. The smallest absolute Gasteiger partial charge is 0.263 e. The fourth-order valence-electron chi connectivity index (χ4n) is 5.00. The number of halogens is 2. The summed E-state index contributed by atoms with van der Waals surface area (Å²) in [5, 5.41) is 14.8. The minimum Gasteiger partial charge on any atom is -0.493 e. The first-order chi connectivity index (χ1) is 18.3. The van der Waals surface area contributed by atoms with Crippen molar-refractivity contribution in [1.82, 2.24) is 25.6 Å². The number of benzene rings is 1. The van der Waals surface area contributed by atoms with Crippen LogP contribution in [0.15, 0.2) is 24.5 Å².